The predicted molar refractivity (Wildman–Crippen MR) is 146 cm³/mol. The third kappa shape index (κ3) is 6.23. The molecule has 1 aliphatic rings. The summed E-state index contributed by atoms with van der Waals surface area (Å²) in [7, 11) is 0. The van der Waals surface area contributed by atoms with Crippen LogP contribution in [0.2, 0.25) is 0 Å². The summed E-state index contributed by atoms with van der Waals surface area (Å²) in [6.45, 7) is 4.68. The van der Waals surface area contributed by atoms with E-state index in [0.717, 1.165) is 49.3 Å². The minimum Gasteiger partial charge on any atom is -0.393 e. The highest BCUT2D eigenvalue weighted by Gasteiger charge is 2.21. The van der Waals surface area contributed by atoms with Crippen molar-refractivity contribution in [3.8, 4) is 0 Å². The number of aromatic nitrogens is 6. The number of benzene rings is 1. The lowest BCUT2D eigenvalue weighted by molar-refractivity contribution is -0.116. The van der Waals surface area contributed by atoms with Gasteiger partial charge in [0.15, 0.2) is 17.0 Å². The van der Waals surface area contributed by atoms with Crippen molar-refractivity contribution in [1.82, 2.24) is 29.5 Å². The number of carbonyl (C=O) groups excluding carboxylic acids is 1. The molecule has 3 aromatic heterocycles. The summed E-state index contributed by atoms with van der Waals surface area (Å²) < 4.78 is 1.98. The molecule has 0 radical (unpaired) electrons. The molecule has 0 unspecified atom stereocenters. The lowest BCUT2D eigenvalue weighted by Gasteiger charge is -2.26. The van der Waals surface area contributed by atoms with Crippen LogP contribution in [-0.4, -0.2) is 52.6 Å². The zero-order valence-electron chi connectivity index (χ0n) is 21.7. The van der Waals surface area contributed by atoms with Gasteiger partial charge >= 0.3 is 0 Å². The average Bonchev–Trinajstić information content (AvgIpc) is 3.32. The zero-order chi connectivity index (χ0) is 26.5. The van der Waals surface area contributed by atoms with E-state index in [4.69, 9.17) is 9.97 Å². The number of hydrogen-bond acceptors (Lipinski definition) is 9. The fourth-order valence-corrected chi connectivity index (χ4v) is 4.61. The molecule has 0 aliphatic heterocycles. The number of rotatable bonds is 9. The summed E-state index contributed by atoms with van der Waals surface area (Å²) in [5, 5.41) is 19.6. The minimum absolute atomic E-state index is 0.109. The van der Waals surface area contributed by atoms with Gasteiger partial charge in [0, 0.05) is 48.7 Å². The number of amides is 1. The number of hydrogen-bond donors (Lipinski definition) is 4. The van der Waals surface area contributed by atoms with Crippen LogP contribution in [0.1, 0.15) is 50.5 Å². The summed E-state index contributed by atoms with van der Waals surface area (Å²) in [6, 6.07) is 9.54. The van der Waals surface area contributed by atoms with Crippen LogP contribution in [0, 0.1) is 6.92 Å². The Balaban J connectivity index is 1.30. The second-order valence-electron chi connectivity index (χ2n) is 9.62. The number of aliphatic hydroxyl groups is 1. The standard InChI is InChI=1S/C27H33N9O2/c1-3-36-16-29-24-25(34-27(35-26(24)36)33-18-7-9-21(37)10-8-18)32-20-6-4-5-19(15-20)31-23(38)12-11-22-28-14-13-17(2)30-22/h4-6,13-16,18,21,37H,3,7-12H2,1-2H3,(H,31,38)(H2,32,33,34,35). The van der Waals surface area contributed by atoms with Crippen LogP contribution in [-0.2, 0) is 17.8 Å². The summed E-state index contributed by atoms with van der Waals surface area (Å²) in [6.07, 6.45) is 7.29. The Bertz CT molecular complexity index is 1410. The Kier molecular flexibility index (Phi) is 7.73. The van der Waals surface area contributed by atoms with Crippen LogP contribution in [0.25, 0.3) is 11.2 Å². The van der Waals surface area contributed by atoms with Crippen molar-refractivity contribution in [2.24, 2.45) is 0 Å². The number of fused-ring (bicyclic) bond motifs is 1. The molecule has 38 heavy (non-hydrogen) atoms. The fourth-order valence-electron chi connectivity index (χ4n) is 4.61. The number of nitrogens with zero attached hydrogens (tertiary/aromatic N) is 6. The third-order valence-electron chi connectivity index (χ3n) is 6.66. The summed E-state index contributed by atoms with van der Waals surface area (Å²) in [4.78, 5) is 35.2. The van der Waals surface area contributed by atoms with E-state index >= 15 is 0 Å². The van der Waals surface area contributed by atoms with Crippen LogP contribution < -0.4 is 16.0 Å². The number of aryl methyl sites for hydroxylation is 3. The molecule has 3 heterocycles. The van der Waals surface area contributed by atoms with Crippen LogP contribution in [0.15, 0.2) is 42.9 Å². The molecule has 0 saturated heterocycles. The second kappa shape index (κ2) is 11.5. The molecule has 4 aromatic rings. The molecule has 1 amide bonds. The summed E-state index contributed by atoms with van der Waals surface area (Å²) >= 11 is 0. The molecule has 198 valence electrons. The largest absolute Gasteiger partial charge is 0.393 e. The molecular formula is C27H33N9O2. The molecular weight excluding hydrogens is 482 g/mol. The van der Waals surface area contributed by atoms with Crippen molar-refractivity contribution in [3.05, 3.63) is 54.4 Å². The minimum atomic E-state index is -0.223. The van der Waals surface area contributed by atoms with E-state index in [1.807, 2.05) is 48.7 Å². The molecule has 4 N–H and O–H groups in total. The van der Waals surface area contributed by atoms with E-state index in [1.54, 1.807) is 12.5 Å². The molecule has 0 spiro atoms. The summed E-state index contributed by atoms with van der Waals surface area (Å²) in [5.41, 5.74) is 3.74. The third-order valence-corrected chi connectivity index (χ3v) is 6.66. The normalized spacial score (nSPS) is 17.3. The van der Waals surface area contributed by atoms with Gasteiger partial charge in [0.2, 0.25) is 11.9 Å². The summed E-state index contributed by atoms with van der Waals surface area (Å²) in [5.74, 6) is 1.66. The lowest BCUT2D eigenvalue weighted by Crippen LogP contribution is -2.29. The van der Waals surface area contributed by atoms with Crippen LogP contribution >= 0.6 is 0 Å². The number of imidazole rings is 1. The predicted octanol–water partition coefficient (Wildman–Crippen LogP) is 3.97. The first-order valence-corrected chi connectivity index (χ1v) is 13.1. The van der Waals surface area contributed by atoms with Crippen molar-refractivity contribution in [2.75, 3.05) is 16.0 Å². The van der Waals surface area contributed by atoms with Crippen molar-refractivity contribution in [1.29, 1.82) is 0 Å². The van der Waals surface area contributed by atoms with Gasteiger partial charge in [-0.2, -0.15) is 9.97 Å². The van der Waals surface area contributed by atoms with Gasteiger partial charge in [-0.1, -0.05) is 6.07 Å². The maximum Gasteiger partial charge on any atom is 0.227 e. The van der Waals surface area contributed by atoms with Crippen molar-refractivity contribution < 1.29 is 9.90 Å². The van der Waals surface area contributed by atoms with Crippen LogP contribution in [0.5, 0.6) is 0 Å². The van der Waals surface area contributed by atoms with Crippen LogP contribution in [0.3, 0.4) is 0 Å². The molecule has 5 rings (SSSR count). The maximum absolute atomic E-state index is 12.6. The first-order chi connectivity index (χ1) is 18.5. The van der Waals surface area contributed by atoms with E-state index in [2.05, 4.69) is 30.9 Å². The average molecular weight is 516 g/mol. The molecule has 1 saturated carbocycles. The molecule has 0 atom stereocenters. The number of aliphatic hydroxyl groups excluding tert-OH is 1. The van der Waals surface area contributed by atoms with Gasteiger partial charge in [-0.05, 0) is 63.8 Å². The van der Waals surface area contributed by atoms with Gasteiger partial charge in [-0.3, -0.25) is 4.79 Å². The molecule has 1 aromatic carbocycles. The lowest BCUT2D eigenvalue weighted by atomic mass is 9.93. The molecule has 11 nitrogen and oxygen atoms in total. The van der Waals surface area contributed by atoms with Gasteiger partial charge in [0.1, 0.15) is 5.82 Å². The Hall–Kier alpha value is -4.12. The zero-order valence-corrected chi connectivity index (χ0v) is 21.7. The van der Waals surface area contributed by atoms with E-state index in [-0.39, 0.29) is 24.5 Å². The highest BCUT2D eigenvalue weighted by molar-refractivity contribution is 5.92. The first-order valence-electron chi connectivity index (χ1n) is 13.1. The quantitative estimate of drug-likeness (QED) is 0.260. The van der Waals surface area contributed by atoms with E-state index in [1.165, 1.54) is 0 Å². The van der Waals surface area contributed by atoms with E-state index < -0.39 is 0 Å². The fraction of sp³-hybridized carbons (Fsp3) is 0.407. The maximum atomic E-state index is 12.6. The molecule has 11 heteroatoms. The van der Waals surface area contributed by atoms with Gasteiger partial charge < -0.3 is 25.6 Å². The Morgan fingerprint density at radius 1 is 1.08 bits per heavy atom. The van der Waals surface area contributed by atoms with Gasteiger partial charge in [-0.25, -0.2) is 15.0 Å². The SMILES string of the molecule is CCn1cnc2c(Nc3cccc(NC(=O)CCc4nccc(C)n4)c3)nc(NC3CCC(O)CC3)nc21. The Labute approximate surface area is 221 Å². The monoisotopic (exact) mass is 515 g/mol. The smallest absolute Gasteiger partial charge is 0.227 e. The van der Waals surface area contributed by atoms with Crippen LogP contribution in [0.4, 0.5) is 23.1 Å². The Morgan fingerprint density at radius 3 is 2.68 bits per heavy atom. The van der Waals surface area contributed by atoms with Crippen molar-refractivity contribution >= 4 is 40.2 Å². The number of anilines is 4. The molecule has 0 bridgehead atoms. The Morgan fingerprint density at radius 2 is 1.89 bits per heavy atom. The molecule has 1 fully saturated rings. The van der Waals surface area contributed by atoms with E-state index in [0.29, 0.717) is 35.2 Å². The van der Waals surface area contributed by atoms with Gasteiger partial charge in [0.05, 0.1) is 12.4 Å². The van der Waals surface area contributed by atoms with E-state index in [9.17, 15) is 9.90 Å². The topological polar surface area (TPSA) is 143 Å². The van der Waals surface area contributed by atoms with Crippen molar-refractivity contribution in [3.63, 3.8) is 0 Å². The number of carbonyl (C=O) groups is 1. The highest BCUT2D eigenvalue weighted by Crippen LogP contribution is 2.27. The van der Waals surface area contributed by atoms with Gasteiger partial charge in [-0.15, -0.1) is 0 Å². The van der Waals surface area contributed by atoms with Crippen molar-refractivity contribution in [2.45, 2.75) is 71.1 Å². The second-order valence-corrected chi connectivity index (χ2v) is 9.62. The number of nitrogens with one attached hydrogen (secondary N) is 3. The first kappa shape index (κ1) is 25.5. The molecule has 1 aliphatic carbocycles. The van der Waals surface area contributed by atoms with Gasteiger partial charge in [0.25, 0.3) is 0 Å². The highest BCUT2D eigenvalue weighted by atomic mass is 16.3.